The number of hydrogen-bond acceptors (Lipinski definition) is 4. The van der Waals surface area contributed by atoms with Crippen LogP contribution < -0.4 is 9.47 Å². The lowest BCUT2D eigenvalue weighted by molar-refractivity contribution is -0.132. The minimum atomic E-state index is -0.425. The van der Waals surface area contributed by atoms with Crippen LogP contribution in [0.3, 0.4) is 0 Å². The molecule has 2 rings (SSSR count). The monoisotopic (exact) mass is 327 g/mol. The van der Waals surface area contributed by atoms with E-state index >= 15 is 0 Å². The smallest absolute Gasteiger partial charge is 0.308 e. The number of rotatable bonds is 4. The molecule has 0 bridgehead atoms. The fraction of sp³-hybridized carbons (Fsp3) is 0.111. The van der Waals surface area contributed by atoms with Gasteiger partial charge in [0.25, 0.3) is 0 Å². The zero-order chi connectivity index (χ0) is 16.8. The SMILES string of the molecule is COc1cc(/C=C(/C#N)c2ccc(Cl)cc2)ccc1OC(C)=O. The highest BCUT2D eigenvalue weighted by molar-refractivity contribution is 6.30. The summed E-state index contributed by atoms with van der Waals surface area (Å²) in [4.78, 5) is 11.1. The van der Waals surface area contributed by atoms with Crippen molar-refractivity contribution in [3.63, 3.8) is 0 Å². The van der Waals surface area contributed by atoms with E-state index in [2.05, 4.69) is 6.07 Å². The third kappa shape index (κ3) is 4.35. The number of methoxy groups -OCH3 is 1. The normalized spacial score (nSPS) is 10.8. The molecule has 0 unspecified atom stereocenters. The van der Waals surface area contributed by atoms with Gasteiger partial charge in [-0.15, -0.1) is 0 Å². The second-order valence-electron chi connectivity index (χ2n) is 4.68. The Morgan fingerprint density at radius 2 is 1.87 bits per heavy atom. The number of nitriles is 1. The molecule has 0 fully saturated rings. The molecule has 0 aromatic heterocycles. The molecule has 0 N–H and O–H groups in total. The highest BCUT2D eigenvalue weighted by Crippen LogP contribution is 2.30. The first kappa shape index (κ1) is 16.6. The Morgan fingerprint density at radius 3 is 2.43 bits per heavy atom. The van der Waals surface area contributed by atoms with Crippen LogP contribution in [-0.4, -0.2) is 13.1 Å². The van der Waals surface area contributed by atoms with Crippen LogP contribution in [0.5, 0.6) is 11.5 Å². The molecule has 4 nitrogen and oxygen atoms in total. The van der Waals surface area contributed by atoms with Crippen molar-refractivity contribution in [2.45, 2.75) is 6.92 Å². The predicted octanol–water partition coefficient (Wildman–Crippen LogP) is 4.34. The van der Waals surface area contributed by atoms with Gasteiger partial charge in [0.15, 0.2) is 11.5 Å². The molecular formula is C18H14ClNO3. The van der Waals surface area contributed by atoms with Crippen molar-refractivity contribution in [3.8, 4) is 17.6 Å². The second kappa shape index (κ2) is 7.48. The van der Waals surface area contributed by atoms with Crippen molar-refractivity contribution in [1.82, 2.24) is 0 Å². The number of carbonyl (C=O) groups excluding carboxylic acids is 1. The Morgan fingerprint density at radius 1 is 1.17 bits per heavy atom. The van der Waals surface area contributed by atoms with Crippen LogP contribution in [0.2, 0.25) is 5.02 Å². The van der Waals surface area contributed by atoms with E-state index in [-0.39, 0.29) is 0 Å². The van der Waals surface area contributed by atoms with Crippen LogP contribution in [0.15, 0.2) is 42.5 Å². The fourth-order valence-corrected chi connectivity index (χ4v) is 2.12. The number of halogens is 1. The van der Waals surface area contributed by atoms with E-state index in [9.17, 15) is 10.1 Å². The average molecular weight is 328 g/mol. The molecule has 0 radical (unpaired) electrons. The molecule has 0 spiro atoms. The maximum absolute atomic E-state index is 11.1. The van der Waals surface area contributed by atoms with Crippen LogP contribution in [0.1, 0.15) is 18.1 Å². The number of benzene rings is 2. The van der Waals surface area contributed by atoms with Crippen molar-refractivity contribution in [3.05, 3.63) is 58.6 Å². The second-order valence-corrected chi connectivity index (χ2v) is 5.12. The third-order valence-electron chi connectivity index (χ3n) is 3.03. The third-order valence-corrected chi connectivity index (χ3v) is 3.28. The van der Waals surface area contributed by atoms with Gasteiger partial charge in [-0.05, 0) is 41.5 Å². The Labute approximate surface area is 139 Å². The van der Waals surface area contributed by atoms with Gasteiger partial charge in [0.2, 0.25) is 0 Å². The zero-order valence-corrected chi connectivity index (χ0v) is 13.4. The standard InChI is InChI=1S/C18H14ClNO3/c1-12(21)23-17-8-3-13(10-18(17)22-2)9-15(11-20)14-4-6-16(19)7-5-14/h3-10H,1-2H3/b15-9-. The summed E-state index contributed by atoms with van der Waals surface area (Å²) in [5.74, 6) is 0.329. The van der Waals surface area contributed by atoms with Gasteiger partial charge in [-0.3, -0.25) is 4.79 Å². The summed E-state index contributed by atoms with van der Waals surface area (Å²) in [5, 5.41) is 9.97. The number of esters is 1. The molecule has 0 saturated heterocycles. The lowest BCUT2D eigenvalue weighted by Gasteiger charge is -2.09. The molecule has 5 heteroatoms. The molecule has 2 aromatic carbocycles. The van der Waals surface area contributed by atoms with Crippen LogP contribution in [-0.2, 0) is 4.79 Å². The Hall–Kier alpha value is -2.77. The first-order chi connectivity index (χ1) is 11.0. The van der Waals surface area contributed by atoms with Gasteiger partial charge in [0, 0.05) is 11.9 Å². The van der Waals surface area contributed by atoms with E-state index < -0.39 is 5.97 Å². The Balaban J connectivity index is 2.38. The fourth-order valence-electron chi connectivity index (χ4n) is 1.99. The number of hydrogen-bond donors (Lipinski definition) is 0. The van der Waals surface area contributed by atoms with E-state index in [4.69, 9.17) is 21.1 Å². The maximum Gasteiger partial charge on any atom is 0.308 e. The topological polar surface area (TPSA) is 59.3 Å². The summed E-state index contributed by atoms with van der Waals surface area (Å²) in [6.45, 7) is 1.32. The van der Waals surface area contributed by atoms with E-state index in [0.29, 0.717) is 22.1 Å². The van der Waals surface area contributed by atoms with Gasteiger partial charge < -0.3 is 9.47 Å². The molecule has 116 valence electrons. The average Bonchev–Trinajstić information content (AvgIpc) is 2.54. The number of allylic oxidation sites excluding steroid dienone is 1. The molecule has 0 amide bonds. The number of nitrogens with zero attached hydrogens (tertiary/aromatic N) is 1. The van der Waals surface area contributed by atoms with Crippen molar-refractivity contribution in [1.29, 1.82) is 5.26 Å². The molecule has 0 saturated carbocycles. The Kier molecular flexibility index (Phi) is 5.40. The van der Waals surface area contributed by atoms with Crippen LogP contribution in [0.4, 0.5) is 0 Å². The summed E-state index contributed by atoms with van der Waals surface area (Å²) >= 11 is 5.86. The summed E-state index contributed by atoms with van der Waals surface area (Å²) in [7, 11) is 1.49. The zero-order valence-electron chi connectivity index (χ0n) is 12.7. The van der Waals surface area contributed by atoms with E-state index in [1.807, 2.05) is 0 Å². The number of carbonyl (C=O) groups is 1. The van der Waals surface area contributed by atoms with E-state index in [1.54, 1.807) is 48.5 Å². The maximum atomic E-state index is 11.1. The van der Waals surface area contributed by atoms with Gasteiger partial charge in [0.05, 0.1) is 18.8 Å². The van der Waals surface area contributed by atoms with Crippen molar-refractivity contribution < 1.29 is 14.3 Å². The summed E-state index contributed by atoms with van der Waals surface area (Å²) in [6, 6.07) is 14.3. The molecule has 0 heterocycles. The van der Waals surface area contributed by atoms with Gasteiger partial charge in [-0.25, -0.2) is 0 Å². The first-order valence-corrected chi connectivity index (χ1v) is 7.15. The van der Waals surface area contributed by atoms with Crippen LogP contribution >= 0.6 is 11.6 Å². The quantitative estimate of drug-likeness (QED) is 0.363. The summed E-state index contributed by atoms with van der Waals surface area (Å²) in [5.41, 5.74) is 2.01. The van der Waals surface area contributed by atoms with Crippen LogP contribution in [0, 0.1) is 11.3 Å². The molecule has 0 aliphatic rings. The summed E-state index contributed by atoms with van der Waals surface area (Å²) in [6.07, 6.45) is 1.73. The first-order valence-electron chi connectivity index (χ1n) is 6.77. The lowest BCUT2D eigenvalue weighted by atomic mass is 10.0. The van der Waals surface area contributed by atoms with Gasteiger partial charge >= 0.3 is 5.97 Å². The van der Waals surface area contributed by atoms with E-state index in [0.717, 1.165) is 11.1 Å². The Bertz CT molecular complexity index is 789. The van der Waals surface area contributed by atoms with Gasteiger partial charge in [0.1, 0.15) is 0 Å². The molecule has 0 aliphatic heterocycles. The van der Waals surface area contributed by atoms with Crippen molar-refractivity contribution in [2.24, 2.45) is 0 Å². The molecule has 0 atom stereocenters. The largest absolute Gasteiger partial charge is 0.493 e. The van der Waals surface area contributed by atoms with Crippen LogP contribution in [0.25, 0.3) is 11.6 Å². The lowest BCUT2D eigenvalue weighted by Crippen LogP contribution is -2.03. The van der Waals surface area contributed by atoms with Crippen molar-refractivity contribution >= 4 is 29.2 Å². The molecular weight excluding hydrogens is 314 g/mol. The minimum Gasteiger partial charge on any atom is -0.493 e. The predicted molar refractivity (Wildman–Crippen MR) is 89.2 cm³/mol. The van der Waals surface area contributed by atoms with Crippen molar-refractivity contribution in [2.75, 3.05) is 7.11 Å². The highest BCUT2D eigenvalue weighted by atomic mass is 35.5. The summed E-state index contributed by atoms with van der Waals surface area (Å²) < 4.78 is 10.3. The molecule has 2 aromatic rings. The molecule has 0 aliphatic carbocycles. The van der Waals surface area contributed by atoms with E-state index in [1.165, 1.54) is 14.0 Å². The van der Waals surface area contributed by atoms with Gasteiger partial charge in [-0.1, -0.05) is 29.8 Å². The molecule has 23 heavy (non-hydrogen) atoms. The number of ether oxygens (including phenoxy) is 2. The minimum absolute atomic E-state index is 0.335. The highest BCUT2D eigenvalue weighted by Gasteiger charge is 2.08. The van der Waals surface area contributed by atoms with Gasteiger partial charge in [-0.2, -0.15) is 5.26 Å².